The lowest BCUT2D eigenvalue weighted by Crippen LogP contribution is -1.91. The van der Waals surface area contributed by atoms with Crippen LogP contribution in [0.15, 0.2) is 54.6 Å². The van der Waals surface area contributed by atoms with E-state index in [1.807, 2.05) is 12.1 Å². The third kappa shape index (κ3) is 2.86. The molecule has 0 atom stereocenters. The van der Waals surface area contributed by atoms with E-state index in [2.05, 4.69) is 42.5 Å². The molecule has 0 aliphatic heterocycles. The highest BCUT2D eigenvalue weighted by Crippen LogP contribution is 2.13. The molecule has 0 fully saturated rings. The highest BCUT2D eigenvalue weighted by atomic mass is 16.5. The molecule has 0 saturated carbocycles. The summed E-state index contributed by atoms with van der Waals surface area (Å²) in [6, 6.07) is 18.8. The van der Waals surface area contributed by atoms with Crippen molar-refractivity contribution in [3.63, 3.8) is 0 Å². The molecular weight excluding hydrogens is 196 g/mol. The van der Waals surface area contributed by atoms with Gasteiger partial charge in [-0.3, -0.25) is 0 Å². The summed E-state index contributed by atoms with van der Waals surface area (Å²) in [6.45, 7) is 0. The zero-order chi connectivity index (χ0) is 11.2. The van der Waals surface area contributed by atoms with Gasteiger partial charge in [-0.1, -0.05) is 42.5 Å². The minimum absolute atomic E-state index is 0.920. The molecule has 1 heteroatoms. The molecular formula is C15H16O. The zero-order valence-corrected chi connectivity index (χ0v) is 9.52. The maximum Gasteiger partial charge on any atom is 0.118 e. The summed E-state index contributed by atoms with van der Waals surface area (Å²) < 4.78 is 5.13. The average Bonchev–Trinajstić information content (AvgIpc) is 2.38. The van der Waals surface area contributed by atoms with Crippen LogP contribution in [0.4, 0.5) is 0 Å². The van der Waals surface area contributed by atoms with Crippen LogP contribution in [-0.2, 0) is 12.8 Å². The molecule has 82 valence electrons. The maximum atomic E-state index is 5.13. The molecule has 0 aliphatic rings. The Bertz CT molecular complexity index is 417. The van der Waals surface area contributed by atoms with Gasteiger partial charge in [-0.15, -0.1) is 0 Å². The van der Waals surface area contributed by atoms with Gasteiger partial charge in [0.2, 0.25) is 0 Å². The molecule has 2 aromatic carbocycles. The first-order chi connectivity index (χ1) is 7.88. The van der Waals surface area contributed by atoms with Crippen LogP contribution < -0.4 is 4.74 Å². The summed E-state index contributed by atoms with van der Waals surface area (Å²) in [5, 5.41) is 0. The van der Waals surface area contributed by atoms with Crippen LogP contribution in [-0.4, -0.2) is 7.11 Å². The van der Waals surface area contributed by atoms with Crippen LogP contribution in [0.2, 0.25) is 0 Å². The Morgan fingerprint density at radius 2 is 1.31 bits per heavy atom. The molecule has 2 rings (SSSR count). The summed E-state index contributed by atoms with van der Waals surface area (Å²) >= 11 is 0. The van der Waals surface area contributed by atoms with E-state index in [4.69, 9.17) is 4.74 Å². The maximum absolute atomic E-state index is 5.13. The SMILES string of the molecule is COc1ccc(CCc2ccccc2)cc1. The first-order valence-electron chi connectivity index (χ1n) is 5.55. The van der Waals surface area contributed by atoms with Gasteiger partial charge in [-0.2, -0.15) is 0 Å². The van der Waals surface area contributed by atoms with E-state index < -0.39 is 0 Å². The minimum atomic E-state index is 0.920. The molecule has 0 amide bonds. The predicted octanol–water partition coefficient (Wildman–Crippen LogP) is 3.48. The summed E-state index contributed by atoms with van der Waals surface area (Å²) in [6.07, 6.45) is 2.17. The number of hydrogen-bond acceptors (Lipinski definition) is 1. The Kier molecular flexibility index (Phi) is 3.60. The first kappa shape index (κ1) is 10.7. The van der Waals surface area contributed by atoms with Gasteiger partial charge in [-0.25, -0.2) is 0 Å². The van der Waals surface area contributed by atoms with Crippen LogP contribution in [0.3, 0.4) is 0 Å². The third-order valence-corrected chi connectivity index (χ3v) is 2.70. The first-order valence-corrected chi connectivity index (χ1v) is 5.55. The Labute approximate surface area is 96.7 Å². The minimum Gasteiger partial charge on any atom is -0.497 e. The lowest BCUT2D eigenvalue weighted by Gasteiger charge is -2.03. The van der Waals surface area contributed by atoms with Crippen LogP contribution in [0.1, 0.15) is 11.1 Å². The van der Waals surface area contributed by atoms with Crippen LogP contribution in [0, 0.1) is 0 Å². The zero-order valence-electron chi connectivity index (χ0n) is 9.52. The lowest BCUT2D eigenvalue weighted by molar-refractivity contribution is 0.414. The van der Waals surface area contributed by atoms with E-state index in [1.54, 1.807) is 7.11 Å². The van der Waals surface area contributed by atoms with Gasteiger partial charge in [0.1, 0.15) is 5.75 Å². The Hall–Kier alpha value is -1.76. The molecule has 0 spiro atoms. The number of rotatable bonds is 4. The second-order valence-electron chi connectivity index (χ2n) is 3.83. The number of benzene rings is 2. The number of ether oxygens (including phenoxy) is 1. The molecule has 0 unspecified atom stereocenters. The molecule has 0 aliphatic carbocycles. The lowest BCUT2D eigenvalue weighted by atomic mass is 10.0. The predicted molar refractivity (Wildman–Crippen MR) is 66.8 cm³/mol. The third-order valence-electron chi connectivity index (χ3n) is 2.70. The van der Waals surface area contributed by atoms with Gasteiger partial charge < -0.3 is 4.74 Å². The number of aryl methyl sites for hydroxylation is 2. The number of hydrogen-bond donors (Lipinski definition) is 0. The van der Waals surface area contributed by atoms with E-state index in [9.17, 15) is 0 Å². The van der Waals surface area contributed by atoms with Crippen molar-refractivity contribution in [2.75, 3.05) is 7.11 Å². The molecule has 0 saturated heterocycles. The molecule has 0 radical (unpaired) electrons. The summed E-state index contributed by atoms with van der Waals surface area (Å²) in [5.41, 5.74) is 2.74. The monoisotopic (exact) mass is 212 g/mol. The fourth-order valence-electron chi connectivity index (χ4n) is 1.73. The Morgan fingerprint density at radius 1 is 0.750 bits per heavy atom. The quantitative estimate of drug-likeness (QED) is 0.754. The summed E-state index contributed by atoms with van der Waals surface area (Å²) in [7, 11) is 1.69. The standard InChI is InChI=1S/C15H16O/c1-16-15-11-9-14(10-12-15)8-7-13-5-3-2-4-6-13/h2-6,9-12H,7-8H2,1H3. The van der Waals surface area contributed by atoms with E-state index >= 15 is 0 Å². The highest BCUT2D eigenvalue weighted by molar-refractivity contribution is 5.28. The van der Waals surface area contributed by atoms with Crippen molar-refractivity contribution in [3.05, 3.63) is 65.7 Å². The molecule has 0 aromatic heterocycles. The topological polar surface area (TPSA) is 9.23 Å². The largest absolute Gasteiger partial charge is 0.497 e. The van der Waals surface area contributed by atoms with Crippen molar-refractivity contribution in [1.82, 2.24) is 0 Å². The molecule has 0 bridgehead atoms. The normalized spacial score (nSPS) is 10.1. The smallest absolute Gasteiger partial charge is 0.118 e. The van der Waals surface area contributed by atoms with Gasteiger partial charge in [0.25, 0.3) is 0 Å². The van der Waals surface area contributed by atoms with E-state index in [1.165, 1.54) is 11.1 Å². The molecule has 2 aromatic rings. The molecule has 0 N–H and O–H groups in total. The van der Waals surface area contributed by atoms with Crippen LogP contribution in [0.25, 0.3) is 0 Å². The van der Waals surface area contributed by atoms with Crippen LogP contribution >= 0.6 is 0 Å². The van der Waals surface area contributed by atoms with Gasteiger partial charge in [0.05, 0.1) is 7.11 Å². The van der Waals surface area contributed by atoms with Crippen molar-refractivity contribution in [2.45, 2.75) is 12.8 Å². The van der Waals surface area contributed by atoms with Gasteiger partial charge in [-0.05, 0) is 36.1 Å². The molecule has 0 heterocycles. The van der Waals surface area contributed by atoms with E-state index in [-0.39, 0.29) is 0 Å². The van der Waals surface area contributed by atoms with Gasteiger partial charge in [0.15, 0.2) is 0 Å². The van der Waals surface area contributed by atoms with Crippen molar-refractivity contribution in [2.24, 2.45) is 0 Å². The van der Waals surface area contributed by atoms with Crippen molar-refractivity contribution in [3.8, 4) is 5.75 Å². The van der Waals surface area contributed by atoms with Crippen molar-refractivity contribution in [1.29, 1.82) is 0 Å². The summed E-state index contributed by atoms with van der Waals surface area (Å²) in [5.74, 6) is 0.920. The molecule has 1 nitrogen and oxygen atoms in total. The van der Waals surface area contributed by atoms with Crippen molar-refractivity contribution >= 4 is 0 Å². The average molecular weight is 212 g/mol. The Balaban J connectivity index is 1.94. The highest BCUT2D eigenvalue weighted by Gasteiger charge is 1.96. The second kappa shape index (κ2) is 5.36. The van der Waals surface area contributed by atoms with E-state index in [0.717, 1.165) is 18.6 Å². The fraction of sp³-hybridized carbons (Fsp3) is 0.200. The fourth-order valence-corrected chi connectivity index (χ4v) is 1.73. The van der Waals surface area contributed by atoms with Crippen LogP contribution in [0.5, 0.6) is 5.75 Å². The van der Waals surface area contributed by atoms with E-state index in [0.29, 0.717) is 0 Å². The summed E-state index contributed by atoms with van der Waals surface area (Å²) in [4.78, 5) is 0. The van der Waals surface area contributed by atoms with Gasteiger partial charge >= 0.3 is 0 Å². The van der Waals surface area contributed by atoms with Gasteiger partial charge in [0, 0.05) is 0 Å². The molecule has 16 heavy (non-hydrogen) atoms. The number of methoxy groups -OCH3 is 1. The Morgan fingerprint density at radius 3 is 1.88 bits per heavy atom. The second-order valence-corrected chi connectivity index (χ2v) is 3.83. The van der Waals surface area contributed by atoms with Crippen molar-refractivity contribution < 1.29 is 4.74 Å².